The predicted molar refractivity (Wildman–Crippen MR) is 103 cm³/mol. The van der Waals surface area contributed by atoms with E-state index in [-0.39, 0.29) is 24.3 Å². The number of hydrogen-bond acceptors (Lipinski definition) is 4. The molecule has 26 heavy (non-hydrogen) atoms. The number of carbonyl (C=O) groups excluding carboxylic acids is 2. The van der Waals surface area contributed by atoms with E-state index in [1.54, 1.807) is 0 Å². The van der Waals surface area contributed by atoms with Crippen molar-refractivity contribution in [2.45, 2.75) is 38.1 Å². The molecule has 1 aliphatic carbocycles. The van der Waals surface area contributed by atoms with E-state index in [2.05, 4.69) is 22.3 Å². The van der Waals surface area contributed by atoms with Crippen LogP contribution in [0, 0.1) is 5.92 Å². The molecule has 1 aromatic rings. The highest BCUT2D eigenvalue weighted by Gasteiger charge is 2.37. The molecule has 142 valence electrons. The van der Waals surface area contributed by atoms with Gasteiger partial charge in [0.2, 0.25) is 11.8 Å². The average molecular weight is 358 g/mol. The van der Waals surface area contributed by atoms with Crippen molar-refractivity contribution in [1.29, 1.82) is 0 Å². The summed E-state index contributed by atoms with van der Waals surface area (Å²) >= 11 is 0. The molecule has 6 nitrogen and oxygen atoms in total. The lowest BCUT2D eigenvalue weighted by atomic mass is 9.74. The van der Waals surface area contributed by atoms with Gasteiger partial charge in [0.1, 0.15) is 0 Å². The Balaban J connectivity index is 1.45. The fourth-order valence-electron chi connectivity index (χ4n) is 4.04. The number of nitrogens with two attached hydrogens (primary N) is 1. The van der Waals surface area contributed by atoms with E-state index in [4.69, 9.17) is 5.73 Å². The van der Waals surface area contributed by atoms with Crippen molar-refractivity contribution in [2.24, 2.45) is 11.7 Å². The molecule has 1 saturated heterocycles. The van der Waals surface area contributed by atoms with Gasteiger partial charge in [-0.1, -0.05) is 31.0 Å². The largest absolute Gasteiger partial charge is 0.368 e. The maximum atomic E-state index is 12.5. The third kappa shape index (κ3) is 4.36. The molecule has 3 N–H and O–H groups in total. The number of anilines is 1. The van der Waals surface area contributed by atoms with Crippen molar-refractivity contribution in [3.8, 4) is 0 Å². The number of hydrogen-bond donors (Lipinski definition) is 2. The number of rotatable bonds is 4. The Kier molecular flexibility index (Phi) is 5.81. The van der Waals surface area contributed by atoms with Crippen molar-refractivity contribution in [2.75, 3.05) is 37.6 Å². The standard InChI is InChI=1S/C20H30N4O2/c1-20(21)10-6-5-9-17(20)19(26)22-15-18(25)24-13-11-23(12-14-24)16-7-3-2-4-8-16/h2-4,7-8,17H,5-6,9-15,21H2,1H3,(H,22,26). The van der Waals surface area contributed by atoms with Crippen molar-refractivity contribution >= 4 is 17.5 Å². The predicted octanol–water partition coefficient (Wildman–Crippen LogP) is 1.36. The van der Waals surface area contributed by atoms with Crippen LogP contribution < -0.4 is 16.0 Å². The third-order valence-electron chi connectivity index (χ3n) is 5.74. The summed E-state index contributed by atoms with van der Waals surface area (Å²) in [5, 5.41) is 2.82. The van der Waals surface area contributed by atoms with Gasteiger partial charge in [-0.2, -0.15) is 0 Å². The number of para-hydroxylation sites is 1. The van der Waals surface area contributed by atoms with E-state index in [1.807, 2.05) is 30.0 Å². The van der Waals surface area contributed by atoms with E-state index < -0.39 is 5.54 Å². The summed E-state index contributed by atoms with van der Waals surface area (Å²) < 4.78 is 0. The van der Waals surface area contributed by atoms with Crippen LogP contribution in [0.4, 0.5) is 5.69 Å². The lowest BCUT2D eigenvalue weighted by Gasteiger charge is -2.38. The van der Waals surface area contributed by atoms with Crippen LogP contribution in [0.1, 0.15) is 32.6 Å². The van der Waals surface area contributed by atoms with Crippen LogP contribution in [0.2, 0.25) is 0 Å². The summed E-state index contributed by atoms with van der Waals surface area (Å²) in [6, 6.07) is 10.2. The zero-order valence-electron chi connectivity index (χ0n) is 15.6. The van der Waals surface area contributed by atoms with Crippen molar-refractivity contribution in [3.05, 3.63) is 30.3 Å². The second kappa shape index (κ2) is 8.08. The molecule has 1 aromatic carbocycles. The summed E-state index contributed by atoms with van der Waals surface area (Å²) in [6.07, 6.45) is 3.77. The molecule has 2 fully saturated rings. The van der Waals surface area contributed by atoms with Crippen molar-refractivity contribution in [1.82, 2.24) is 10.2 Å². The minimum absolute atomic E-state index is 0.0133. The maximum Gasteiger partial charge on any atom is 0.242 e. The van der Waals surface area contributed by atoms with Crippen LogP contribution in [-0.4, -0.2) is 55.0 Å². The van der Waals surface area contributed by atoms with Crippen LogP contribution in [0.5, 0.6) is 0 Å². The number of piperazine rings is 1. The van der Waals surface area contributed by atoms with E-state index in [9.17, 15) is 9.59 Å². The number of nitrogens with one attached hydrogen (secondary N) is 1. The number of nitrogens with zero attached hydrogens (tertiary/aromatic N) is 2. The van der Waals surface area contributed by atoms with Crippen molar-refractivity contribution in [3.63, 3.8) is 0 Å². The van der Waals surface area contributed by atoms with Crippen LogP contribution in [0.15, 0.2) is 30.3 Å². The molecule has 2 amide bonds. The summed E-state index contributed by atoms with van der Waals surface area (Å²) in [4.78, 5) is 29.0. The second-order valence-electron chi connectivity index (χ2n) is 7.73. The fourth-order valence-corrected chi connectivity index (χ4v) is 4.04. The number of benzene rings is 1. The summed E-state index contributed by atoms with van der Waals surface area (Å²) in [5.41, 5.74) is 7.00. The smallest absolute Gasteiger partial charge is 0.242 e. The molecular weight excluding hydrogens is 328 g/mol. The molecule has 1 saturated carbocycles. The Morgan fingerprint density at radius 1 is 1.15 bits per heavy atom. The van der Waals surface area contributed by atoms with E-state index in [0.29, 0.717) is 13.1 Å². The van der Waals surface area contributed by atoms with Crippen LogP contribution in [0.25, 0.3) is 0 Å². The Morgan fingerprint density at radius 3 is 2.50 bits per heavy atom. The van der Waals surface area contributed by atoms with Gasteiger partial charge in [0.05, 0.1) is 12.5 Å². The molecule has 1 aliphatic heterocycles. The molecule has 0 bridgehead atoms. The molecule has 3 rings (SSSR count). The lowest BCUT2D eigenvalue weighted by Crippen LogP contribution is -2.55. The first kappa shape index (κ1) is 18.7. The lowest BCUT2D eigenvalue weighted by molar-refractivity contribution is -0.135. The second-order valence-corrected chi connectivity index (χ2v) is 7.73. The van der Waals surface area contributed by atoms with Gasteiger partial charge in [-0.3, -0.25) is 9.59 Å². The van der Waals surface area contributed by atoms with E-state index in [1.165, 1.54) is 5.69 Å². The Morgan fingerprint density at radius 2 is 1.85 bits per heavy atom. The highest BCUT2D eigenvalue weighted by molar-refractivity contribution is 5.86. The molecule has 0 radical (unpaired) electrons. The number of amides is 2. The average Bonchev–Trinajstić information content (AvgIpc) is 2.66. The highest BCUT2D eigenvalue weighted by atomic mass is 16.2. The molecule has 6 heteroatoms. The third-order valence-corrected chi connectivity index (χ3v) is 5.74. The first-order chi connectivity index (χ1) is 12.5. The zero-order chi connectivity index (χ0) is 18.6. The quantitative estimate of drug-likeness (QED) is 0.852. The van der Waals surface area contributed by atoms with Gasteiger partial charge < -0.3 is 20.9 Å². The highest BCUT2D eigenvalue weighted by Crippen LogP contribution is 2.31. The molecule has 0 spiro atoms. The van der Waals surface area contributed by atoms with Gasteiger partial charge in [0, 0.05) is 37.4 Å². The maximum absolute atomic E-state index is 12.5. The van der Waals surface area contributed by atoms with Gasteiger partial charge in [0.15, 0.2) is 0 Å². The normalized spacial score (nSPS) is 26.5. The topological polar surface area (TPSA) is 78.7 Å². The first-order valence-electron chi connectivity index (χ1n) is 9.62. The van der Waals surface area contributed by atoms with Gasteiger partial charge >= 0.3 is 0 Å². The molecule has 1 heterocycles. The Bertz CT molecular complexity index is 624. The summed E-state index contributed by atoms with van der Waals surface area (Å²) in [7, 11) is 0. The Labute approximate surface area is 155 Å². The van der Waals surface area contributed by atoms with Gasteiger partial charge in [0.25, 0.3) is 0 Å². The van der Waals surface area contributed by atoms with E-state index in [0.717, 1.165) is 38.8 Å². The molecule has 2 aliphatic rings. The van der Waals surface area contributed by atoms with Crippen LogP contribution >= 0.6 is 0 Å². The zero-order valence-corrected chi connectivity index (χ0v) is 15.6. The minimum atomic E-state index is -0.466. The number of carbonyl (C=O) groups is 2. The molecule has 0 aromatic heterocycles. The Hall–Kier alpha value is -2.08. The summed E-state index contributed by atoms with van der Waals surface area (Å²) in [6.45, 7) is 5.00. The van der Waals surface area contributed by atoms with Crippen LogP contribution in [-0.2, 0) is 9.59 Å². The molecular formula is C20H30N4O2. The summed E-state index contributed by atoms with van der Waals surface area (Å²) in [5.74, 6) is -0.287. The SMILES string of the molecule is CC1(N)CCCCC1C(=O)NCC(=O)N1CCN(c2ccccc2)CC1. The van der Waals surface area contributed by atoms with E-state index >= 15 is 0 Å². The monoisotopic (exact) mass is 358 g/mol. The van der Waals surface area contributed by atoms with Crippen molar-refractivity contribution < 1.29 is 9.59 Å². The first-order valence-corrected chi connectivity index (χ1v) is 9.62. The van der Waals surface area contributed by atoms with Gasteiger partial charge in [-0.05, 0) is 31.9 Å². The minimum Gasteiger partial charge on any atom is -0.368 e. The molecule has 2 unspecified atom stereocenters. The van der Waals surface area contributed by atoms with Gasteiger partial charge in [-0.25, -0.2) is 0 Å². The van der Waals surface area contributed by atoms with Gasteiger partial charge in [-0.15, -0.1) is 0 Å². The van der Waals surface area contributed by atoms with Crippen LogP contribution in [0.3, 0.4) is 0 Å². The fraction of sp³-hybridized carbons (Fsp3) is 0.600. The molecule has 2 atom stereocenters.